The third-order valence-electron chi connectivity index (χ3n) is 4.32. The predicted molar refractivity (Wildman–Crippen MR) is 80.6 cm³/mol. The first-order chi connectivity index (χ1) is 9.43. The minimum atomic E-state index is 0.539. The molecule has 106 valence electrons. The van der Waals surface area contributed by atoms with Crippen LogP contribution in [0.1, 0.15) is 55.9 Å². The van der Waals surface area contributed by atoms with Gasteiger partial charge in [-0.25, -0.2) is 0 Å². The quantitative estimate of drug-likeness (QED) is 0.757. The molecule has 2 aliphatic carbocycles. The average molecular weight is 279 g/mol. The lowest BCUT2D eigenvalue weighted by Crippen LogP contribution is -2.28. The molecule has 0 aliphatic heterocycles. The summed E-state index contributed by atoms with van der Waals surface area (Å²) >= 11 is 1.88. The molecule has 2 aliphatic rings. The largest absolute Gasteiger partial charge is 0.377 e. The van der Waals surface area contributed by atoms with Crippen LogP contribution < -0.4 is 5.32 Å². The maximum Gasteiger partial charge on any atom is 0.0594 e. The Morgan fingerprint density at radius 3 is 2.74 bits per heavy atom. The lowest BCUT2D eigenvalue weighted by atomic mass is 9.98. The van der Waals surface area contributed by atoms with E-state index in [4.69, 9.17) is 4.74 Å². The van der Waals surface area contributed by atoms with E-state index < -0.39 is 0 Å². The van der Waals surface area contributed by atoms with Crippen LogP contribution in [-0.2, 0) is 4.74 Å². The van der Waals surface area contributed by atoms with Gasteiger partial charge in [-0.2, -0.15) is 0 Å². The highest BCUT2D eigenvalue weighted by atomic mass is 32.1. The normalized spacial score (nSPS) is 22.5. The number of ether oxygens (including phenoxy) is 1. The number of thiophene rings is 1. The fourth-order valence-corrected chi connectivity index (χ4v) is 3.96. The third kappa shape index (κ3) is 4.04. The monoisotopic (exact) mass is 279 g/mol. The zero-order chi connectivity index (χ0) is 12.9. The number of hydrogen-bond acceptors (Lipinski definition) is 3. The maximum absolute atomic E-state index is 5.99. The van der Waals surface area contributed by atoms with Gasteiger partial charge in [0.05, 0.1) is 12.7 Å². The zero-order valence-electron chi connectivity index (χ0n) is 11.6. The summed E-state index contributed by atoms with van der Waals surface area (Å²) in [5.74, 6) is 0.869. The van der Waals surface area contributed by atoms with Crippen LogP contribution in [0, 0.1) is 5.92 Å². The Bertz CT molecular complexity index is 355. The van der Waals surface area contributed by atoms with E-state index in [2.05, 4.69) is 22.8 Å². The van der Waals surface area contributed by atoms with Crippen molar-refractivity contribution in [1.82, 2.24) is 5.32 Å². The van der Waals surface area contributed by atoms with Crippen molar-refractivity contribution in [2.24, 2.45) is 5.92 Å². The smallest absolute Gasteiger partial charge is 0.0594 e. The van der Waals surface area contributed by atoms with Gasteiger partial charge >= 0.3 is 0 Å². The molecule has 1 N–H and O–H groups in total. The summed E-state index contributed by atoms with van der Waals surface area (Å²) in [6.45, 7) is 1.87. The van der Waals surface area contributed by atoms with Crippen molar-refractivity contribution < 1.29 is 4.74 Å². The van der Waals surface area contributed by atoms with Crippen LogP contribution in [0.4, 0.5) is 0 Å². The lowest BCUT2D eigenvalue weighted by molar-refractivity contribution is 0.0291. The van der Waals surface area contributed by atoms with Crippen molar-refractivity contribution in [2.45, 2.75) is 57.1 Å². The van der Waals surface area contributed by atoms with E-state index in [0.717, 1.165) is 19.1 Å². The van der Waals surface area contributed by atoms with E-state index in [0.29, 0.717) is 12.1 Å². The van der Waals surface area contributed by atoms with Crippen LogP contribution in [0.2, 0.25) is 0 Å². The second kappa shape index (κ2) is 6.87. The van der Waals surface area contributed by atoms with Gasteiger partial charge in [-0.15, -0.1) is 11.3 Å². The van der Waals surface area contributed by atoms with Crippen LogP contribution in [0.3, 0.4) is 0 Å². The van der Waals surface area contributed by atoms with Gasteiger partial charge in [0.2, 0.25) is 0 Å². The molecule has 1 heterocycles. The zero-order valence-corrected chi connectivity index (χ0v) is 12.5. The molecule has 2 nitrogen and oxygen atoms in total. The first-order valence-electron chi connectivity index (χ1n) is 7.82. The molecule has 3 heteroatoms. The van der Waals surface area contributed by atoms with Crippen molar-refractivity contribution in [3.63, 3.8) is 0 Å². The van der Waals surface area contributed by atoms with Crippen molar-refractivity contribution >= 4 is 11.3 Å². The molecule has 1 aromatic rings. The van der Waals surface area contributed by atoms with Crippen molar-refractivity contribution in [3.05, 3.63) is 22.4 Å². The topological polar surface area (TPSA) is 21.3 Å². The van der Waals surface area contributed by atoms with E-state index in [1.165, 1.54) is 49.8 Å². The highest BCUT2D eigenvalue weighted by Crippen LogP contribution is 2.42. The highest BCUT2D eigenvalue weighted by molar-refractivity contribution is 7.10. The third-order valence-corrected chi connectivity index (χ3v) is 5.27. The van der Waals surface area contributed by atoms with E-state index in [1.807, 2.05) is 11.3 Å². The van der Waals surface area contributed by atoms with Crippen LogP contribution >= 0.6 is 11.3 Å². The minimum absolute atomic E-state index is 0.539. The summed E-state index contributed by atoms with van der Waals surface area (Å²) in [5.41, 5.74) is 0. The molecule has 0 saturated heterocycles. The van der Waals surface area contributed by atoms with E-state index in [-0.39, 0.29) is 0 Å². The number of nitrogens with one attached hydrogen (secondary N) is 1. The van der Waals surface area contributed by atoms with Crippen molar-refractivity contribution in [2.75, 3.05) is 13.2 Å². The van der Waals surface area contributed by atoms with Crippen LogP contribution in [-0.4, -0.2) is 19.3 Å². The Morgan fingerprint density at radius 2 is 2.05 bits per heavy atom. The molecule has 1 aromatic heterocycles. The van der Waals surface area contributed by atoms with Gasteiger partial charge < -0.3 is 10.1 Å². The molecule has 0 bridgehead atoms. The SMILES string of the molecule is c1csc(C(NCCOC2CCCCC2)C2CC2)c1. The summed E-state index contributed by atoms with van der Waals surface area (Å²) in [6, 6.07) is 5.01. The van der Waals surface area contributed by atoms with Gasteiger partial charge in [0, 0.05) is 17.5 Å². The molecule has 2 saturated carbocycles. The van der Waals surface area contributed by atoms with Gasteiger partial charge in [-0.1, -0.05) is 25.3 Å². The van der Waals surface area contributed by atoms with Crippen molar-refractivity contribution in [3.8, 4) is 0 Å². The molecule has 1 unspecified atom stereocenters. The van der Waals surface area contributed by atoms with Crippen molar-refractivity contribution in [1.29, 1.82) is 0 Å². The summed E-state index contributed by atoms with van der Waals surface area (Å²) in [5, 5.41) is 5.89. The summed E-state index contributed by atoms with van der Waals surface area (Å²) in [6.07, 6.45) is 9.99. The summed E-state index contributed by atoms with van der Waals surface area (Å²) in [4.78, 5) is 1.50. The molecular formula is C16H25NOS. The van der Waals surface area contributed by atoms with E-state index >= 15 is 0 Å². The van der Waals surface area contributed by atoms with Gasteiger partial charge in [0.15, 0.2) is 0 Å². The summed E-state index contributed by atoms with van der Waals surface area (Å²) in [7, 11) is 0. The first kappa shape index (κ1) is 13.6. The Labute approximate surface area is 120 Å². The van der Waals surface area contributed by atoms with Gasteiger partial charge in [0.1, 0.15) is 0 Å². The second-order valence-corrected chi connectivity index (χ2v) is 6.89. The Kier molecular flexibility index (Phi) is 4.91. The molecule has 1 atom stereocenters. The minimum Gasteiger partial charge on any atom is -0.377 e. The number of hydrogen-bond donors (Lipinski definition) is 1. The standard InChI is InChI=1S/C16H25NOS/c1-2-5-14(6-3-1)18-11-10-17-16(13-8-9-13)15-7-4-12-19-15/h4,7,12-14,16-17H,1-3,5-6,8-11H2. The van der Waals surface area contributed by atoms with Gasteiger partial charge in [-0.05, 0) is 43.0 Å². The molecule has 0 radical (unpaired) electrons. The predicted octanol–water partition coefficient (Wildman–Crippen LogP) is 4.14. The molecule has 0 aromatic carbocycles. The summed E-state index contributed by atoms with van der Waals surface area (Å²) < 4.78 is 5.99. The van der Waals surface area contributed by atoms with Gasteiger partial charge in [0.25, 0.3) is 0 Å². The molecule has 0 spiro atoms. The average Bonchev–Trinajstić information content (AvgIpc) is 3.14. The fourth-order valence-electron chi connectivity index (χ4n) is 3.07. The van der Waals surface area contributed by atoms with Gasteiger partial charge in [-0.3, -0.25) is 0 Å². The Morgan fingerprint density at radius 1 is 1.21 bits per heavy atom. The molecule has 3 rings (SSSR count). The van der Waals surface area contributed by atoms with E-state index in [1.54, 1.807) is 0 Å². The lowest BCUT2D eigenvalue weighted by Gasteiger charge is -2.23. The Hall–Kier alpha value is -0.380. The maximum atomic E-state index is 5.99. The highest BCUT2D eigenvalue weighted by Gasteiger charge is 2.32. The second-order valence-electron chi connectivity index (χ2n) is 5.92. The molecule has 2 fully saturated rings. The number of rotatable bonds is 7. The molecule has 19 heavy (non-hydrogen) atoms. The fraction of sp³-hybridized carbons (Fsp3) is 0.750. The first-order valence-corrected chi connectivity index (χ1v) is 8.70. The molecule has 0 amide bonds. The Balaban J connectivity index is 1.38. The van der Waals surface area contributed by atoms with Crippen LogP contribution in [0.25, 0.3) is 0 Å². The van der Waals surface area contributed by atoms with E-state index in [9.17, 15) is 0 Å². The molecular weight excluding hydrogens is 254 g/mol. The van der Waals surface area contributed by atoms with Crippen LogP contribution in [0.5, 0.6) is 0 Å². The van der Waals surface area contributed by atoms with Crippen LogP contribution in [0.15, 0.2) is 17.5 Å².